The fourth-order valence-corrected chi connectivity index (χ4v) is 5.69. The van der Waals surface area contributed by atoms with Crippen LogP contribution in [0, 0.1) is 17.8 Å². The monoisotopic (exact) mass is 512 g/mol. The topological polar surface area (TPSA) is 99.4 Å². The molecule has 1 aliphatic heterocycles. The zero-order valence-electron chi connectivity index (χ0n) is 20.8. The van der Waals surface area contributed by atoms with Gasteiger partial charge in [0.15, 0.2) is 5.65 Å². The smallest absolute Gasteiger partial charge is 0.376 e. The predicted octanol–water partition coefficient (Wildman–Crippen LogP) is 5.22. The second-order valence-electron chi connectivity index (χ2n) is 10.2. The minimum absolute atomic E-state index is 0.0448. The first-order chi connectivity index (χ1) is 17.4. The molecule has 0 amide bonds. The first-order valence-corrected chi connectivity index (χ1v) is 13.2. The average Bonchev–Trinajstić information content (AvgIpc) is 3.27. The number of methoxy groups -OCH3 is 1. The van der Waals surface area contributed by atoms with Gasteiger partial charge < -0.3 is 19.1 Å². The molecule has 1 N–H and O–H groups in total. The standard InChI is InChI=1S/C27H33ClN4O4/c1-16-6-8-17(9-7-16)15-32-22-21(19-4-3-5-20(28)14-19)29-25(27(34)35-2)30-24(22)31-26(32)23(33)18-10-12-36-13-11-18/h3-5,14,16-18,23,33H,6-13,15H2,1-2H3. The molecule has 36 heavy (non-hydrogen) atoms. The lowest BCUT2D eigenvalue weighted by molar-refractivity contribution is 0.00228. The number of imidazole rings is 1. The Morgan fingerprint density at radius 3 is 2.61 bits per heavy atom. The molecule has 1 atom stereocenters. The van der Waals surface area contributed by atoms with Gasteiger partial charge in [-0.15, -0.1) is 0 Å². The van der Waals surface area contributed by atoms with Crippen LogP contribution in [0.25, 0.3) is 22.4 Å². The van der Waals surface area contributed by atoms with E-state index >= 15 is 0 Å². The molecule has 2 aromatic heterocycles. The maximum absolute atomic E-state index is 12.5. The highest BCUT2D eigenvalue weighted by molar-refractivity contribution is 6.30. The van der Waals surface area contributed by atoms with Gasteiger partial charge in [-0.25, -0.2) is 19.7 Å². The van der Waals surface area contributed by atoms with Crippen LogP contribution in [0.15, 0.2) is 24.3 Å². The zero-order valence-corrected chi connectivity index (χ0v) is 21.6. The fraction of sp³-hybridized carbons (Fsp3) is 0.556. The summed E-state index contributed by atoms with van der Waals surface area (Å²) in [6.45, 7) is 4.28. The van der Waals surface area contributed by atoms with Crippen LogP contribution < -0.4 is 0 Å². The van der Waals surface area contributed by atoms with E-state index < -0.39 is 12.1 Å². The van der Waals surface area contributed by atoms with Crippen LogP contribution in [0.4, 0.5) is 0 Å². The molecule has 2 fully saturated rings. The summed E-state index contributed by atoms with van der Waals surface area (Å²) in [6, 6.07) is 7.37. The summed E-state index contributed by atoms with van der Waals surface area (Å²) < 4.78 is 12.6. The Morgan fingerprint density at radius 2 is 1.92 bits per heavy atom. The highest BCUT2D eigenvalue weighted by atomic mass is 35.5. The van der Waals surface area contributed by atoms with E-state index in [-0.39, 0.29) is 11.7 Å². The van der Waals surface area contributed by atoms with Crippen LogP contribution in [0.3, 0.4) is 0 Å². The van der Waals surface area contributed by atoms with E-state index in [1.54, 1.807) is 6.07 Å². The Balaban J connectivity index is 1.69. The number of aliphatic hydroxyl groups excluding tert-OH is 1. The van der Waals surface area contributed by atoms with Gasteiger partial charge in [0.2, 0.25) is 5.82 Å². The molecule has 3 aromatic rings. The molecule has 3 heterocycles. The van der Waals surface area contributed by atoms with E-state index in [9.17, 15) is 9.90 Å². The number of hydrogen-bond donors (Lipinski definition) is 1. The van der Waals surface area contributed by atoms with E-state index in [1.165, 1.54) is 20.0 Å². The van der Waals surface area contributed by atoms with Gasteiger partial charge in [-0.2, -0.15) is 0 Å². The molecule has 5 rings (SSSR count). The summed E-state index contributed by atoms with van der Waals surface area (Å²) in [7, 11) is 1.30. The third-order valence-corrected chi connectivity index (χ3v) is 7.89. The number of rotatable bonds is 6. The molecule has 1 unspecified atom stereocenters. The quantitative estimate of drug-likeness (QED) is 0.452. The fourth-order valence-electron chi connectivity index (χ4n) is 5.50. The normalized spacial score (nSPS) is 22.0. The van der Waals surface area contributed by atoms with Gasteiger partial charge in [0.25, 0.3) is 0 Å². The van der Waals surface area contributed by atoms with Crippen LogP contribution in [-0.2, 0) is 16.0 Å². The van der Waals surface area contributed by atoms with Crippen molar-refractivity contribution in [3.8, 4) is 11.3 Å². The highest BCUT2D eigenvalue weighted by Crippen LogP contribution is 2.37. The number of aliphatic hydroxyl groups is 1. The van der Waals surface area contributed by atoms with Crippen LogP contribution >= 0.6 is 11.6 Å². The van der Waals surface area contributed by atoms with Crippen molar-refractivity contribution in [3.05, 3.63) is 40.9 Å². The van der Waals surface area contributed by atoms with Gasteiger partial charge in [-0.1, -0.05) is 43.5 Å². The number of carbonyl (C=O) groups is 1. The van der Waals surface area contributed by atoms with Crippen molar-refractivity contribution in [1.29, 1.82) is 0 Å². The molecule has 8 nitrogen and oxygen atoms in total. The van der Waals surface area contributed by atoms with Crippen molar-refractivity contribution in [2.24, 2.45) is 17.8 Å². The first-order valence-electron chi connectivity index (χ1n) is 12.8. The Bertz CT molecular complexity index is 1230. The Kier molecular flexibility index (Phi) is 7.55. The minimum atomic E-state index is -0.764. The van der Waals surface area contributed by atoms with Crippen LogP contribution in [0.2, 0.25) is 5.02 Å². The summed E-state index contributed by atoms with van der Waals surface area (Å²) in [5, 5.41) is 12.1. The maximum atomic E-state index is 12.5. The van der Waals surface area contributed by atoms with Crippen LogP contribution in [-0.4, -0.2) is 50.9 Å². The van der Waals surface area contributed by atoms with Gasteiger partial charge in [0, 0.05) is 30.3 Å². The summed E-state index contributed by atoms with van der Waals surface area (Å²) in [5.74, 6) is 1.12. The van der Waals surface area contributed by atoms with Gasteiger partial charge >= 0.3 is 5.97 Å². The van der Waals surface area contributed by atoms with E-state index in [0.717, 1.165) is 37.2 Å². The molecule has 1 aromatic carbocycles. The number of nitrogens with zero attached hydrogens (tertiary/aromatic N) is 4. The summed E-state index contributed by atoms with van der Waals surface area (Å²) in [5.41, 5.74) is 2.41. The van der Waals surface area contributed by atoms with Crippen molar-refractivity contribution in [1.82, 2.24) is 19.5 Å². The Hall–Kier alpha value is -2.55. The lowest BCUT2D eigenvalue weighted by Gasteiger charge is -2.30. The Morgan fingerprint density at radius 1 is 1.17 bits per heavy atom. The van der Waals surface area contributed by atoms with E-state index in [1.807, 2.05) is 18.2 Å². The first kappa shape index (κ1) is 25.1. The van der Waals surface area contributed by atoms with Crippen molar-refractivity contribution in [2.75, 3.05) is 20.3 Å². The van der Waals surface area contributed by atoms with Gasteiger partial charge in [0.1, 0.15) is 23.1 Å². The molecular formula is C27H33ClN4O4. The molecule has 0 spiro atoms. The lowest BCUT2D eigenvalue weighted by atomic mass is 9.83. The van der Waals surface area contributed by atoms with Crippen molar-refractivity contribution < 1.29 is 19.4 Å². The number of halogens is 1. The maximum Gasteiger partial charge on any atom is 0.376 e. The second kappa shape index (κ2) is 10.8. The molecule has 0 bridgehead atoms. The predicted molar refractivity (Wildman–Crippen MR) is 137 cm³/mol. The summed E-state index contributed by atoms with van der Waals surface area (Å²) in [4.78, 5) is 26.4. The summed E-state index contributed by atoms with van der Waals surface area (Å²) in [6.07, 6.45) is 5.41. The molecule has 1 aliphatic carbocycles. The number of hydrogen-bond acceptors (Lipinski definition) is 7. The van der Waals surface area contributed by atoms with E-state index in [4.69, 9.17) is 26.1 Å². The van der Waals surface area contributed by atoms with Crippen molar-refractivity contribution >= 4 is 28.7 Å². The Labute approximate surface area is 216 Å². The minimum Gasteiger partial charge on any atom is -0.463 e. The second-order valence-corrected chi connectivity index (χ2v) is 10.6. The number of aromatic nitrogens is 4. The summed E-state index contributed by atoms with van der Waals surface area (Å²) >= 11 is 6.33. The van der Waals surface area contributed by atoms with Crippen molar-refractivity contribution in [3.63, 3.8) is 0 Å². The number of benzene rings is 1. The van der Waals surface area contributed by atoms with Gasteiger partial charge in [0.05, 0.1) is 7.11 Å². The number of fused-ring (bicyclic) bond motifs is 1. The van der Waals surface area contributed by atoms with Crippen molar-refractivity contribution in [2.45, 2.75) is 58.1 Å². The third-order valence-electron chi connectivity index (χ3n) is 7.65. The van der Waals surface area contributed by atoms with Crippen LogP contribution in [0.1, 0.15) is 68.0 Å². The zero-order chi connectivity index (χ0) is 25.2. The lowest BCUT2D eigenvalue weighted by Crippen LogP contribution is -2.26. The average molecular weight is 513 g/mol. The largest absolute Gasteiger partial charge is 0.463 e. The van der Waals surface area contributed by atoms with Gasteiger partial charge in [-0.3, -0.25) is 0 Å². The SMILES string of the molecule is COC(=O)c1nc(-c2cccc(Cl)c2)c2c(n1)nc(C(O)C1CCOCC1)n2CC1CCC(C)CC1. The number of esters is 1. The third kappa shape index (κ3) is 5.12. The highest BCUT2D eigenvalue weighted by Gasteiger charge is 2.32. The number of ether oxygens (including phenoxy) is 2. The molecular weight excluding hydrogens is 480 g/mol. The molecule has 1 saturated heterocycles. The molecule has 1 saturated carbocycles. The van der Waals surface area contributed by atoms with E-state index in [0.29, 0.717) is 53.4 Å². The van der Waals surface area contributed by atoms with Gasteiger partial charge in [-0.05, 0) is 55.6 Å². The molecule has 0 radical (unpaired) electrons. The molecule has 2 aliphatic rings. The molecule has 9 heteroatoms. The van der Waals surface area contributed by atoms with E-state index in [2.05, 4.69) is 21.5 Å². The van der Waals surface area contributed by atoms with Crippen LogP contribution in [0.5, 0.6) is 0 Å². The molecule has 192 valence electrons. The number of carbonyl (C=O) groups excluding carboxylic acids is 1.